The summed E-state index contributed by atoms with van der Waals surface area (Å²) in [6.45, 7) is 6.60. The van der Waals surface area contributed by atoms with Crippen LogP contribution in [0.3, 0.4) is 0 Å². The molecule has 0 spiro atoms. The molecule has 0 aromatic carbocycles. The highest BCUT2D eigenvalue weighted by Crippen LogP contribution is 2.19. The van der Waals surface area contributed by atoms with Crippen LogP contribution in [0.1, 0.15) is 406 Å². The van der Waals surface area contributed by atoms with Crippen molar-refractivity contribution in [3.63, 3.8) is 0 Å². The number of carbonyl (C=O) groups excluding carboxylic acids is 3. The lowest BCUT2D eigenvalue weighted by atomic mass is 10.0. The number of ether oxygens (including phenoxy) is 3. The maximum Gasteiger partial charge on any atom is 0.306 e. The Bertz CT molecular complexity index is 1430. The molecule has 0 rings (SSSR count). The van der Waals surface area contributed by atoms with E-state index < -0.39 is 6.10 Å². The average molecular weight is 1160 g/mol. The molecular weight excluding hydrogens is 1020 g/mol. The van der Waals surface area contributed by atoms with Gasteiger partial charge in [0.1, 0.15) is 13.2 Å². The van der Waals surface area contributed by atoms with Gasteiger partial charge in [-0.2, -0.15) is 0 Å². The summed E-state index contributed by atoms with van der Waals surface area (Å²) in [7, 11) is 0. The fourth-order valence-corrected chi connectivity index (χ4v) is 11.2. The average Bonchev–Trinajstić information content (AvgIpc) is 3.49. The zero-order valence-electron chi connectivity index (χ0n) is 56.0. The van der Waals surface area contributed by atoms with Crippen LogP contribution in [0, 0.1) is 0 Å². The van der Waals surface area contributed by atoms with Gasteiger partial charge in [0, 0.05) is 19.3 Å². The molecule has 1 atom stereocenters. The Morgan fingerprint density at radius 2 is 0.458 bits per heavy atom. The van der Waals surface area contributed by atoms with Gasteiger partial charge in [0.05, 0.1) is 0 Å². The van der Waals surface area contributed by atoms with E-state index in [-0.39, 0.29) is 31.1 Å². The van der Waals surface area contributed by atoms with Gasteiger partial charge in [-0.1, -0.05) is 358 Å². The van der Waals surface area contributed by atoms with E-state index in [4.69, 9.17) is 14.2 Å². The van der Waals surface area contributed by atoms with Gasteiger partial charge >= 0.3 is 17.9 Å². The molecule has 0 N–H and O–H groups in total. The quantitative estimate of drug-likeness (QED) is 0.0261. The molecule has 0 heterocycles. The van der Waals surface area contributed by atoms with Crippen molar-refractivity contribution < 1.29 is 28.6 Å². The Kier molecular flexibility index (Phi) is 69.6. The minimum Gasteiger partial charge on any atom is -0.462 e. The zero-order chi connectivity index (χ0) is 59.9. The van der Waals surface area contributed by atoms with Crippen molar-refractivity contribution in [2.24, 2.45) is 0 Å². The van der Waals surface area contributed by atoms with Crippen LogP contribution < -0.4 is 0 Å². The zero-order valence-corrected chi connectivity index (χ0v) is 56.0. The second-order valence-electron chi connectivity index (χ2n) is 25.2. The topological polar surface area (TPSA) is 78.9 Å². The van der Waals surface area contributed by atoms with Gasteiger partial charge in [-0.05, 0) is 77.0 Å². The van der Waals surface area contributed by atoms with Crippen molar-refractivity contribution in [3.8, 4) is 0 Å². The van der Waals surface area contributed by atoms with Crippen LogP contribution in [0.2, 0.25) is 0 Å². The highest BCUT2D eigenvalue weighted by atomic mass is 16.6. The molecule has 0 aliphatic carbocycles. The maximum absolute atomic E-state index is 12.9. The van der Waals surface area contributed by atoms with Gasteiger partial charge in [0.2, 0.25) is 0 Å². The van der Waals surface area contributed by atoms with Gasteiger partial charge in [-0.25, -0.2) is 0 Å². The van der Waals surface area contributed by atoms with Crippen LogP contribution in [-0.2, 0) is 28.6 Å². The van der Waals surface area contributed by atoms with E-state index in [2.05, 4.69) is 69.4 Å². The lowest BCUT2D eigenvalue weighted by Gasteiger charge is -2.18. The van der Waals surface area contributed by atoms with Gasteiger partial charge in [-0.15, -0.1) is 0 Å². The third-order valence-electron chi connectivity index (χ3n) is 16.8. The van der Waals surface area contributed by atoms with Crippen molar-refractivity contribution in [3.05, 3.63) is 48.6 Å². The number of hydrogen-bond donors (Lipinski definition) is 0. The van der Waals surface area contributed by atoms with E-state index in [1.54, 1.807) is 0 Å². The van der Waals surface area contributed by atoms with Crippen LogP contribution >= 0.6 is 0 Å². The van der Waals surface area contributed by atoms with Crippen molar-refractivity contribution in [1.29, 1.82) is 0 Å². The van der Waals surface area contributed by atoms with Crippen LogP contribution in [0.4, 0.5) is 0 Å². The summed E-state index contributed by atoms with van der Waals surface area (Å²) in [5.74, 6) is -0.877. The predicted octanol–water partition coefficient (Wildman–Crippen LogP) is 25.7. The molecule has 6 heteroatoms. The number of esters is 3. The van der Waals surface area contributed by atoms with Crippen molar-refractivity contribution in [2.45, 2.75) is 412 Å². The highest BCUT2D eigenvalue weighted by Gasteiger charge is 2.19. The third-order valence-corrected chi connectivity index (χ3v) is 16.8. The predicted molar refractivity (Wildman–Crippen MR) is 362 cm³/mol. The molecular formula is C77H142O6. The van der Waals surface area contributed by atoms with Crippen LogP contribution in [0.25, 0.3) is 0 Å². The second-order valence-corrected chi connectivity index (χ2v) is 25.2. The van der Waals surface area contributed by atoms with E-state index in [0.29, 0.717) is 19.3 Å². The van der Waals surface area contributed by atoms with E-state index in [1.165, 1.54) is 270 Å². The summed E-state index contributed by atoms with van der Waals surface area (Å²) in [4.78, 5) is 38.4. The number of hydrogen-bond acceptors (Lipinski definition) is 6. The van der Waals surface area contributed by atoms with Crippen LogP contribution in [-0.4, -0.2) is 37.2 Å². The Hall–Kier alpha value is -2.63. The molecule has 0 aliphatic rings. The third kappa shape index (κ3) is 70.0. The smallest absolute Gasteiger partial charge is 0.306 e. The summed E-state index contributed by atoms with van der Waals surface area (Å²) in [5, 5.41) is 0. The molecule has 1 unspecified atom stereocenters. The van der Waals surface area contributed by atoms with Crippen molar-refractivity contribution in [2.75, 3.05) is 13.2 Å². The van der Waals surface area contributed by atoms with Gasteiger partial charge in [0.15, 0.2) is 6.10 Å². The van der Waals surface area contributed by atoms with Gasteiger partial charge in [0.25, 0.3) is 0 Å². The number of rotatable bonds is 69. The lowest BCUT2D eigenvalue weighted by Crippen LogP contribution is -2.30. The van der Waals surface area contributed by atoms with Crippen molar-refractivity contribution >= 4 is 17.9 Å². The van der Waals surface area contributed by atoms with Crippen molar-refractivity contribution in [1.82, 2.24) is 0 Å². The van der Waals surface area contributed by atoms with Gasteiger partial charge < -0.3 is 14.2 Å². The number of unbranched alkanes of at least 4 members (excludes halogenated alkanes) is 50. The molecule has 486 valence electrons. The first kappa shape index (κ1) is 80.4. The summed E-state index contributed by atoms with van der Waals surface area (Å²) < 4.78 is 17.0. The molecule has 0 radical (unpaired) electrons. The Labute approximate surface area is 518 Å². The molecule has 0 aromatic rings. The maximum atomic E-state index is 12.9. The molecule has 0 bridgehead atoms. The summed E-state index contributed by atoms with van der Waals surface area (Å²) in [6, 6.07) is 0. The minimum absolute atomic E-state index is 0.0774. The first-order valence-corrected chi connectivity index (χ1v) is 37.1. The first-order chi connectivity index (χ1) is 41.0. The molecule has 0 aliphatic heterocycles. The Morgan fingerprint density at radius 3 is 0.735 bits per heavy atom. The van der Waals surface area contributed by atoms with E-state index in [0.717, 1.165) is 96.3 Å². The summed E-state index contributed by atoms with van der Waals surface area (Å²) in [6.07, 6.45) is 91.8. The molecule has 83 heavy (non-hydrogen) atoms. The molecule has 0 saturated heterocycles. The fourth-order valence-electron chi connectivity index (χ4n) is 11.2. The standard InChI is InChI=1S/C77H142O6/c1-4-7-10-13-16-19-22-25-27-29-30-31-32-33-34-35-36-37-38-39-40-41-42-43-44-45-46-48-49-52-55-58-61-64-67-70-76(79)82-73-74(72-81-75(78)69-66-63-60-57-54-51-24-21-18-15-12-9-6-3)83-77(80)71-68-65-62-59-56-53-50-47-28-26-23-20-17-14-11-8-5-2/h12,15,17,20-21,24,26,28,74H,4-11,13-14,16,18-19,22-23,25,27,29-73H2,1-3H3/b15-12-,20-17-,24-21-,28-26-. The number of carbonyl (C=O) groups is 3. The normalized spacial score (nSPS) is 12.3. The van der Waals surface area contributed by atoms with E-state index in [1.807, 2.05) is 0 Å². The molecule has 0 fully saturated rings. The fraction of sp³-hybridized carbons (Fsp3) is 0.857. The van der Waals surface area contributed by atoms with E-state index in [9.17, 15) is 14.4 Å². The molecule has 0 aromatic heterocycles. The summed E-state index contributed by atoms with van der Waals surface area (Å²) >= 11 is 0. The van der Waals surface area contributed by atoms with E-state index >= 15 is 0 Å². The summed E-state index contributed by atoms with van der Waals surface area (Å²) in [5.41, 5.74) is 0. The monoisotopic (exact) mass is 1160 g/mol. The largest absolute Gasteiger partial charge is 0.462 e. The Balaban J connectivity index is 4.07. The number of allylic oxidation sites excluding steroid dienone is 8. The second kappa shape index (κ2) is 71.8. The highest BCUT2D eigenvalue weighted by molar-refractivity contribution is 5.71. The van der Waals surface area contributed by atoms with Gasteiger partial charge in [-0.3, -0.25) is 14.4 Å². The first-order valence-electron chi connectivity index (χ1n) is 37.1. The minimum atomic E-state index is -0.783. The lowest BCUT2D eigenvalue weighted by molar-refractivity contribution is -0.167. The molecule has 6 nitrogen and oxygen atoms in total. The van der Waals surface area contributed by atoms with Crippen LogP contribution in [0.15, 0.2) is 48.6 Å². The SMILES string of the molecule is CCC/C=C\C/C=C\CCCCCCCC(=O)OCC(COC(=O)CCCCCCCCCCCCCCCCCCCCCCCCCCCCCCCCCCCCC)OC(=O)CCCCCCCCC/C=C\C/C=C\CCCCC. The van der Waals surface area contributed by atoms with Crippen LogP contribution in [0.5, 0.6) is 0 Å². The molecule has 0 saturated carbocycles. The Morgan fingerprint density at radius 1 is 0.241 bits per heavy atom. The molecule has 0 amide bonds.